The number of para-hydroxylation sites is 1. The predicted molar refractivity (Wildman–Crippen MR) is 129 cm³/mol. The summed E-state index contributed by atoms with van der Waals surface area (Å²) in [6, 6.07) is 22.5. The second-order valence-electron chi connectivity index (χ2n) is 8.07. The molecule has 170 valence electrons. The zero-order chi connectivity index (χ0) is 23.6. The Kier molecular flexibility index (Phi) is 6.20. The van der Waals surface area contributed by atoms with Gasteiger partial charge in [0.05, 0.1) is 16.5 Å². The monoisotopic (exact) mass is 463 g/mol. The van der Waals surface area contributed by atoms with Crippen LogP contribution in [-0.4, -0.2) is 33.8 Å². The molecule has 1 N–H and O–H groups in total. The molecule has 1 atom stereocenters. The van der Waals surface area contributed by atoms with Crippen LogP contribution in [0.5, 0.6) is 0 Å². The molecule has 1 aliphatic heterocycles. The summed E-state index contributed by atoms with van der Waals surface area (Å²) >= 11 is 0. The number of aryl methyl sites for hydroxylation is 1. The van der Waals surface area contributed by atoms with E-state index in [4.69, 9.17) is 0 Å². The van der Waals surface area contributed by atoms with Gasteiger partial charge in [-0.05, 0) is 49.4 Å². The summed E-state index contributed by atoms with van der Waals surface area (Å²) in [5, 5.41) is 2.78. The van der Waals surface area contributed by atoms with E-state index in [9.17, 15) is 18.0 Å². The SMILES string of the molecule is Cc1ccc(N2C[C@H](C(=O)Nc3cccc(S(=O)(=O)N(C)c4ccccc4)c3)CC2=O)cc1. The molecule has 0 bridgehead atoms. The normalized spacial score (nSPS) is 16.0. The van der Waals surface area contributed by atoms with Gasteiger partial charge in [-0.3, -0.25) is 13.9 Å². The molecule has 33 heavy (non-hydrogen) atoms. The fourth-order valence-corrected chi connectivity index (χ4v) is 5.01. The van der Waals surface area contributed by atoms with Gasteiger partial charge in [0.1, 0.15) is 0 Å². The second-order valence-corrected chi connectivity index (χ2v) is 10.0. The number of carbonyl (C=O) groups excluding carboxylic acids is 2. The van der Waals surface area contributed by atoms with E-state index in [1.54, 1.807) is 41.3 Å². The molecule has 1 heterocycles. The largest absolute Gasteiger partial charge is 0.326 e. The number of amides is 2. The molecule has 1 aliphatic rings. The van der Waals surface area contributed by atoms with Crippen molar-refractivity contribution in [3.8, 4) is 0 Å². The van der Waals surface area contributed by atoms with Crippen LogP contribution in [0, 0.1) is 12.8 Å². The lowest BCUT2D eigenvalue weighted by Crippen LogP contribution is -2.28. The van der Waals surface area contributed by atoms with Crippen molar-refractivity contribution >= 4 is 38.9 Å². The average Bonchev–Trinajstić information content (AvgIpc) is 3.21. The Bertz CT molecular complexity index is 1270. The topological polar surface area (TPSA) is 86.8 Å². The lowest BCUT2D eigenvalue weighted by molar-refractivity contribution is -0.122. The summed E-state index contributed by atoms with van der Waals surface area (Å²) in [5.74, 6) is -0.949. The average molecular weight is 464 g/mol. The molecule has 4 rings (SSSR count). The first kappa shape index (κ1) is 22.5. The Hall–Kier alpha value is -3.65. The molecular formula is C25H25N3O4S. The molecule has 0 aliphatic carbocycles. The van der Waals surface area contributed by atoms with Gasteiger partial charge in [-0.25, -0.2) is 8.42 Å². The van der Waals surface area contributed by atoms with Gasteiger partial charge >= 0.3 is 0 Å². The minimum Gasteiger partial charge on any atom is -0.326 e. The van der Waals surface area contributed by atoms with Crippen LogP contribution in [-0.2, 0) is 19.6 Å². The third kappa shape index (κ3) is 4.75. The van der Waals surface area contributed by atoms with E-state index >= 15 is 0 Å². The van der Waals surface area contributed by atoms with Crippen LogP contribution >= 0.6 is 0 Å². The minimum atomic E-state index is -3.81. The van der Waals surface area contributed by atoms with Gasteiger partial charge in [0.2, 0.25) is 11.8 Å². The van der Waals surface area contributed by atoms with Gasteiger partial charge in [-0.2, -0.15) is 0 Å². The van der Waals surface area contributed by atoms with Gasteiger partial charge in [0.25, 0.3) is 10.0 Å². The molecule has 8 heteroatoms. The number of benzene rings is 3. The van der Waals surface area contributed by atoms with Crippen LogP contribution in [0.3, 0.4) is 0 Å². The third-order valence-corrected chi connectivity index (χ3v) is 7.50. The number of anilines is 3. The van der Waals surface area contributed by atoms with E-state index in [-0.39, 0.29) is 29.7 Å². The molecule has 7 nitrogen and oxygen atoms in total. The molecule has 0 spiro atoms. The summed E-state index contributed by atoms with van der Waals surface area (Å²) in [6.45, 7) is 2.25. The molecule has 1 saturated heterocycles. The van der Waals surface area contributed by atoms with E-state index in [0.29, 0.717) is 11.4 Å². The van der Waals surface area contributed by atoms with Crippen molar-refractivity contribution in [3.05, 3.63) is 84.4 Å². The predicted octanol–water partition coefficient (Wildman–Crippen LogP) is 3.81. The zero-order valence-corrected chi connectivity index (χ0v) is 19.2. The van der Waals surface area contributed by atoms with Crippen LogP contribution in [0.4, 0.5) is 17.1 Å². The summed E-state index contributed by atoms with van der Waals surface area (Å²) < 4.78 is 27.3. The van der Waals surface area contributed by atoms with Gasteiger partial charge < -0.3 is 10.2 Å². The first-order chi connectivity index (χ1) is 15.8. The second kappa shape index (κ2) is 9.07. The quantitative estimate of drug-likeness (QED) is 0.602. The van der Waals surface area contributed by atoms with E-state index in [2.05, 4.69) is 5.32 Å². The first-order valence-corrected chi connectivity index (χ1v) is 12.0. The smallest absolute Gasteiger partial charge is 0.264 e. The van der Waals surface area contributed by atoms with Gasteiger partial charge in [-0.15, -0.1) is 0 Å². The number of carbonyl (C=O) groups is 2. The van der Waals surface area contributed by atoms with E-state index in [1.807, 2.05) is 37.3 Å². The Morgan fingerprint density at radius 2 is 1.70 bits per heavy atom. The van der Waals surface area contributed by atoms with Crippen LogP contribution in [0.2, 0.25) is 0 Å². The molecule has 0 saturated carbocycles. The lowest BCUT2D eigenvalue weighted by atomic mass is 10.1. The Labute approximate surface area is 193 Å². The molecule has 1 fully saturated rings. The summed E-state index contributed by atoms with van der Waals surface area (Å²) in [7, 11) is -2.32. The fourth-order valence-electron chi connectivity index (χ4n) is 3.77. The number of rotatable bonds is 6. The van der Waals surface area contributed by atoms with Crippen molar-refractivity contribution in [1.82, 2.24) is 0 Å². The zero-order valence-electron chi connectivity index (χ0n) is 18.4. The van der Waals surface area contributed by atoms with E-state index in [0.717, 1.165) is 11.3 Å². The van der Waals surface area contributed by atoms with Crippen LogP contribution in [0.15, 0.2) is 83.8 Å². The molecule has 3 aromatic carbocycles. The van der Waals surface area contributed by atoms with E-state index in [1.165, 1.54) is 23.5 Å². The number of sulfonamides is 1. The van der Waals surface area contributed by atoms with Gasteiger partial charge in [0.15, 0.2) is 0 Å². The highest BCUT2D eigenvalue weighted by molar-refractivity contribution is 7.92. The lowest BCUT2D eigenvalue weighted by Gasteiger charge is -2.20. The highest BCUT2D eigenvalue weighted by atomic mass is 32.2. The number of nitrogens with one attached hydrogen (secondary N) is 1. The molecule has 2 amide bonds. The number of nitrogens with zero attached hydrogens (tertiary/aromatic N) is 2. The van der Waals surface area contributed by atoms with Crippen molar-refractivity contribution in [1.29, 1.82) is 0 Å². The van der Waals surface area contributed by atoms with Crippen LogP contribution < -0.4 is 14.5 Å². The van der Waals surface area contributed by atoms with Crippen molar-refractivity contribution < 1.29 is 18.0 Å². The Balaban J connectivity index is 1.48. The molecule has 3 aromatic rings. The highest BCUT2D eigenvalue weighted by Crippen LogP contribution is 2.27. The summed E-state index contributed by atoms with van der Waals surface area (Å²) in [5.41, 5.74) is 2.75. The van der Waals surface area contributed by atoms with Crippen LogP contribution in [0.1, 0.15) is 12.0 Å². The maximum atomic E-state index is 13.1. The van der Waals surface area contributed by atoms with Crippen molar-refractivity contribution in [3.63, 3.8) is 0 Å². The fraction of sp³-hybridized carbons (Fsp3) is 0.200. The van der Waals surface area contributed by atoms with Crippen molar-refractivity contribution in [2.45, 2.75) is 18.2 Å². The Morgan fingerprint density at radius 1 is 1.00 bits per heavy atom. The summed E-state index contributed by atoms with van der Waals surface area (Å²) in [4.78, 5) is 27.0. The third-order valence-electron chi connectivity index (χ3n) is 5.72. The maximum Gasteiger partial charge on any atom is 0.264 e. The van der Waals surface area contributed by atoms with Crippen molar-refractivity contribution in [2.24, 2.45) is 5.92 Å². The van der Waals surface area contributed by atoms with Crippen molar-refractivity contribution in [2.75, 3.05) is 28.1 Å². The standard InChI is InChI=1S/C25H25N3O4S/c1-18-11-13-22(14-12-18)28-17-19(15-24(28)29)25(30)26-20-7-6-10-23(16-20)33(31,32)27(2)21-8-4-3-5-9-21/h3-14,16,19H,15,17H2,1-2H3,(H,26,30)/t19-/m1/s1. The molecule has 0 radical (unpaired) electrons. The molecular weight excluding hydrogens is 438 g/mol. The molecule has 0 unspecified atom stereocenters. The summed E-state index contributed by atoms with van der Waals surface area (Å²) in [6.07, 6.45) is 0.106. The van der Waals surface area contributed by atoms with Gasteiger partial charge in [0, 0.05) is 31.4 Å². The van der Waals surface area contributed by atoms with E-state index < -0.39 is 15.9 Å². The Morgan fingerprint density at radius 3 is 2.39 bits per heavy atom. The molecule has 0 aromatic heterocycles. The van der Waals surface area contributed by atoms with Gasteiger partial charge in [-0.1, -0.05) is 42.0 Å². The first-order valence-electron chi connectivity index (χ1n) is 10.6. The number of hydrogen-bond donors (Lipinski definition) is 1. The maximum absolute atomic E-state index is 13.1. The van der Waals surface area contributed by atoms with Crippen LogP contribution in [0.25, 0.3) is 0 Å². The minimum absolute atomic E-state index is 0.0652. The highest BCUT2D eigenvalue weighted by Gasteiger charge is 2.35. The number of hydrogen-bond acceptors (Lipinski definition) is 4.